The van der Waals surface area contributed by atoms with E-state index < -0.39 is 17.2 Å². The van der Waals surface area contributed by atoms with Gasteiger partial charge in [0.05, 0.1) is 0 Å². The number of likely N-dealkylation sites (tertiary alicyclic amines) is 1. The van der Waals surface area contributed by atoms with Crippen LogP contribution in [-0.2, 0) is 9.53 Å². The Morgan fingerprint density at radius 1 is 1.56 bits per heavy atom. The van der Waals surface area contributed by atoms with Crippen molar-refractivity contribution in [3.05, 3.63) is 10.4 Å². The van der Waals surface area contributed by atoms with E-state index in [0.29, 0.717) is 6.42 Å². The average molecular weight is 226 g/mol. The van der Waals surface area contributed by atoms with E-state index in [1.54, 1.807) is 32.7 Å². The predicted molar refractivity (Wildman–Crippen MR) is 59.6 cm³/mol. The molecule has 90 valence electrons. The van der Waals surface area contributed by atoms with E-state index in [0.717, 1.165) is 13.0 Å². The maximum atomic E-state index is 12.1. The van der Waals surface area contributed by atoms with Crippen LogP contribution < -0.4 is 0 Å². The number of likely N-dealkylation sites (N-methyl/N-ethyl adjacent to an activating group) is 1. The molecule has 1 atom stereocenters. The maximum Gasteiger partial charge on any atom is 0.333 e. The first-order valence-electron chi connectivity index (χ1n) is 5.33. The molecule has 6 heteroatoms. The lowest BCUT2D eigenvalue weighted by molar-refractivity contribution is -0.167. The van der Waals surface area contributed by atoms with Crippen molar-refractivity contribution < 1.29 is 9.53 Å². The van der Waals surface area contributed by atoms with Crippen LogP contribution in [0.25, 0.3) is 10.4 Å². The lowest BCUT2D eigenvalue weighted by Gasteiger charge is -2.32. The van der Waals surface area contributed by atoms with Gasteiger partial charge in [0.15, 0.2) is 5.66 Å². The summed E-state index contributed by atoms with van der Waals surface area (Å²) in [5.74, 6) is -0.460. The van der Waals surface area contributed by atoms with E-state index in [9.17, 15) is 4.79 Å². The molecule has 1 fully saturated rings. The average Bonchev–Trinajstić information content (AvgIpc) is 2.46. The van der Waals surface area contributed by atoms with Crippen molar-refractivity contribution >= 4 is 5.97 Å². The van der Waals surface area contributed by atoms with Crippen LogP contribution in [0.5, 0.6) is 0 Å². The molecule has 0 N–H and O–H groups in total. The van der Waals surface area contributed by atoms with Crippen molar-refractivity contribution in [3.63, 3.8) is 0 Å². The van der Waals surface area contributed by atoms with Gasteiger partial charge in [-0.3, -0.25) is 4.90 Å². The minimum atomic E-state index is -1.15. The fraction of sp³-hybridized carbons (Fsp3) is 0.900. The summed E-state index contributed by atoms with van der Waals surface area (Å²) in [6.45, 7) is 6.12. The van der Waals surface area contributed by atoms with Gasteiger partial charge in [-0.25, -0.2) is 4.79 Å². The van der Waals surface area contributed by atoms with E-state index in [1.807, 2.05) is 0 Å². The van der Waals surface area contributed by atoms with Gasteiger partial charge in [-0.1, -0.05) is 5.11 Å². The number of carbonyl (C=O) groups excluding carboxylic acids is 1. The lowest BCUT2D eigenvalue weighted by Crippen LogP contribution is -2.49. The Balaban J connectivity index is 2.95. The van der Waals surface area contributed by atoms with Crippen LogP contribution >= 0.6 is 0 Å². The van der Waals surface area contributed by atoms with Crippen molar-refractivity contribution in [2.45, 2.75) is 44.9 Å². The van der Waals surface area contributed by atoms with Crippen LogP contribution in [0.15, 0.2) is 5.11 Å². The van der Waals surface area contributed by atoms with Gasteiger partial charge in [0.1, 0.15) is 5.60 Å². The minimum absolute atomic E-state index is 0.460. The number of hydrogen-bond donors (Lipinski definition) is 0. The Morgan fingerprint density at radius 3 is 2.56 bits per heavy atom. The van der Waals surface area contributed by atoms with E-state index in [2.05, 4.69) is 10.0 Å². The summed E-state index contributed by atoms with van der Waals surface area (Å²) in [4.78, 5) is 16.6. The van der Waals surface area contributed by atoms with E-state index >= 15 is 0 Å². The summed E-state index contributed by atoms with van der Waals surface area (Å²) in [5, 5.41) is 3.65. The monoisotopic (exact) mass is 226 g/mol. The largest absolute Gasteiger partial charge is 0.458 e. The standard InChI is InChI=1S/C10H18N4O2/c1-9(2,3)16-8(15)10(12-13-11)6-5-7-14(10)4/h5-7H2,1-4H3/t10-/m1/s1. The molecule has 16 heavy (non-hydrogen) atoms. The van der Waals surface area contributed by atoms with E-state index in [1.165, 1.54) is 0 Å². The number of hydrogen-bond acceptors (Lipinski definition) is 4. The van der Waals surface area contributed by atoms with Crippen molar-refractivity contribution in [1.82, 2.24) is 4.90 Å². The maximum absolute atomic E-state index is 12.1. The summed E-state index contributed by atoms with van der Waals surface area (Å²) in [6.07, 6.45) is 1.34. The third-order valence-corrected chi connectivity index (χ3v) is 2.59. The molecule has 0 aromatic carbocycles. The molecular weight excluding hydrogens is 208 g/mol. The van der Waals surface area contributed by atoms with Crippen LogP contribution in [0.3, 0.4) is 0 Å². The highest BCUT2D eigenvalue weighted by atomic mass is 16.6. The van der Waals surface area contributed by atoms with Gasteiger partial charge in [-0.15, -0.1) is 0 Å². The molecule has 1 saturated heterocycles. The number of ether oxygens (including phenoxy) is 1. The number of carbonyl (C=O) groups is 1. The summed E-state index contributed by atoms with van der Waals surface area (Å²) in [5.41, 5.74) is 6.86. The molecule has 1 aliphatic heterocycles. The molecule has 1 aliphatic rings. The van der Waals surface area contributed by atoms with E-state index in [-0.39, 0.29) is 0 Å². The van der Waals surface area contributed by atoms with Crippen LogP contribution in [0.2, 0.25) is 0 Å². The molecule has 0 aromatic rings. The molecule has 1 heterocycles. The molecule has 0 aromatic heterocycles. The SMILES string of the molecule is CN1CCC[C@]1(N=[N+]=[N-])C(=O)OC(C)(C)C. The zero-order valence-electron chi connectivity index (χ0n) is 10.2. The highest BCUT2D eigenvalue weighted by Crippen LogP contribution is 2.32. The van der Waals surface area contributed by atoms with Crippen LogP contribution in [-0.4, -0.2) is 35.7 Å². The summed E-state index contributed by atoms with van der Waals surface area (Å²) in [6, 6.07) is 0. The van der Waals surface area contributed by atoms with Crippen molar-refractivity contribution in [2.75, 3.05) is 13.6 Å². The third-order valence-electron chi connectivity index (χ3n) is 2.59. The summed E-state index contributed by atoms with van der Waals surface area (Å²) in [7, 11) is 1.77. The van der Waals surface area contributed by atoms with Gasteiger partial charge in [0.25, 0.3) is 0 Å². The van der Waals surface area contributed by atoms with Gasteiger partial charge in [0, 0.05) is 4.91 Å². The normalized spacial score (nSPS) is 26.2. The zero-order chi connectivity index (χ0) is 12.4. The Bertz CT molecular complexity index is 330. The first-order chi connectivity index (χ1) is 7.32. The highest BCUT2D eigenvalue weighted by molar-refractivity contribution is 5.81. The Hall–Kier alpha value is -1.26. The van der Waals surface area contributed by atoms with Crippen molar-refractivity contribution in [3.8, 4) is 0 Å². The zero-order valence-corrected chi connectivity index (χ0v) is 10.2. The Kier molecular flexibility index (Phi) is 3.45. The Morgan fingerprint density at radius 2 is 2.19 bits per heavy atom. The molecule has 0 radical (unpaired) electrons. The third kappa shape index (κ3) is 2.46. The van der Waals surface area contributed by atoms with Gasteiger partial charge in [-0.2, -0.15) is 0 Å². The smallest absolute Gasteiger partial charge is 0.333 e. The summed E-state index contributed by atoms with van der Waals surface area (Å²) >= 11 is 0. The molecule has 0 saturated carbocycles. The molecule has 0 bridgehead atoms. The van der Waals surface area contributed by atoms with Crippen LogP contribution in [0.4, 0.5) is 0 Å². The fourth-order valence-corrected chi connectivity index (χ4v) is 1.80. The van der Waals surface area contributed by atoms with Crippen molar-refractivity contribution in [2.24, 2.45) is 5.11 Å². The highest BCUT2D eigenvalue weighted by Gasteiger charge is 2.47. The quantitative estimate of drug-likeness (QED) is 0.313. The topological polar surface area (TPSA) is 78.3 Å². The molecule has 0 spiro atoms. The second-order valence-electron chi connectivity index (χ2n) is 5.03. The van der Waals surface area contributed by atoms with Crippen LogP contribution in [0, 0.1) is 0 Å². The Labute approximate surface area is 95.2 Å². The second kappa shape index (κ2) is 4.31. The lowest BCUT2D eigenvalue weighted by atomic mass is 10.1. The number of nitrogens with zero attached hydrogens (tertiary/aromatic N) is 4. The molecular formula is C10H18N4O2. The van der Waals surface area contributed by atoms with E-state index in [4.69, 9.17) is 10.3 Å². The molecule has 0 unspecified atom stereocenters. The van der Waals surface area contributed by atoms with Gasteiger partial charge in [0.2, 0.25) is 0 Å². The van der Waals surface area contributed by atoms with Gasteiger partial charge < -0.3 is 4.74 Å². The first kappa shape index (κ1) is 12.8. The fourth-order valence-electron chi connectivity index (χ4n) is 1.80. The molecule has 0 aliphatic carbocycles. The molecule has 1 rings (SSSR count). The predicted octanol–water partition coefficient (Wildman–Crippen LogP) is 2.06. The molecule has 6 nitrogen and oxygen atoms in total. The van der Waals surface area contributed by atoms with Gasteiger partial charge in [-0.05, 0) is 52.7 Å². The number of rotatable bonds is 2. The minimum Gasteiger partial charge on any atom is -0.458 e. The van der Waals surface area contributed by atoms with Crippen LogP contribution in [0.1, 0.15) is 33.6 Å². The van der Waals surface area contributed by atoms with Crippen molar-refractivity contribution in [1.29, 1.82) is 0 Å². The second-order valence-corrected chi connectivity index (χ2v) is 5.03. The summed E-state index contributed by atoms with van der Waals surface area (Å²) < 4.78 is 5.30. The molecule has 0 amide bonds. The number of azide groups is 1. The number of esters is 1. The van der Waals surface area contributed by atoms with Gasteiger partial charge >= 0.3 is 5.97 Å². The first-order valence-corrected chi connectivity index (χ1v) is 5.33.